The van der Waals surface area contributed by atoms with E-state index in [2.05, 4.69) is 48.3 Å². The van der Waals surface area contributed by atoms with E-state index < -0.39 is 0 Å². The fourth-order valence-electron chi connectivity index (χ4n) is 3.42. The van der Waals surface area contributed by atoms with Crippen molar-refractivity contribution in [2.24, 2.45) is 0 Å². The summed E-state index contributed by atoms with van der Waals surface area (Å²) < 4.78 is 0. The minimum Gasteiger partial charge on any atom is -0.310 e. The molecule has 1 aromatic rings. The zero-order valence-corrected chi connectivity index (χ0v) is 11.6. The zero-order chi connectivity index (χ0) is 12.6. The van der Waals surface area contributed by atoms with Crippen LogP contribution in [0.1, 0.15) is 37.8 Å². The van der Waals surface area contributed by atoms with Crippen LogP contribution in [0.5, 0.6) is 0 Å². The van der Waals surface area contributed by atoms with E-state index in [1.54, 1.807) is 11.1 Å². The first-order valence-electron chi connectivity index (χ1n) is 7.20. The Morgan fingerprint density at radius 1 is 1.22 bits per heavy atom. The lowest BCUT2D eigenvalue weighted by Crippen LogP contribution is -2.36. The smallest absolute Gasteiger partial charge is 0.0241 e. The molecule has 98 valence electrons. The lowest BCUT2D eigenvalue weighted by molar-refractivity contribution is 0.196. The van der Waals surface area contributed by atoms with E-state index >= 15 is 0 Å². The molecule has 0 aliphatic carbocycles. The van der Waals surface area contributed by atoms with Crippen molar-refractivity contribution in [3.63, 3.8) is 0 Å². The Kier molecular flexibility index (Phi) is 3.16. The van der Waals surface area contributed by atoms with Gasteiger partial charge in [0.2, 0.25) is 0 Å². The first-order chi connectivity index (χ1) is 8.64. The molecule has 2 aliphatic heterocycles. The fourth-order valence-corrected chi connectivity index (χ4v) is 3.42. The highest BCUT2D eigenvalue weighted by Crippen LogP contribution is 2.26. The van der Waals surface area contributed by atoms with Gasteiger partial charge >= 0.3 is 0 Å². The maximum atomic E-state index is 3.65. The molecular formula is C16H24N2. The Morgan fingerprint density at radius 2 is 2.00 bits per heavy atom. The van der Waals surface area contributed by atoms with Gasteiger partial charge in [-0.2, -0.15) is 0 Å². The van der Waals surface area contributed by atoms with Crippen LogP contribution in [0.3, 0.4) is 0 Å². The van der Waals surface area contributed by atoms with Gasteiger partial charge in [0.15, 0.2) is 0 Å². The molecule has 0 radical (unpaired) electrons. The molecule has 0 bridgehead atoms. The van der Waals surface area contributed by atoms with Crippen LogP contribution in [-0.4, -0.2) is 29.6 Å². The van der Waals surface area contributed by atoms with Crippen LogP contribution >= 0.6 is 0 Å². The molecule has 18 heavy (non-hydrogen) atoms. The van der Waals surface area contributed by atoms with Crippen LogP contribution in [0.4, 0.5) is 0 Å². The highest BCUT2D eigenvalue weighted by molar-refractivity contribution is 5.28. The monoisotopic (exact) mass is 244 g/mol. The molecule has 1 unspecified atom stereocenters. The fraction of sp³-hybridized carbons (Fsp3) is 0.625. The highest BCUT2D eigenvalue weighted by Gasteiger charge is 2.34. The molecule has 0 spiro atoms. The van der Waals surface area contributed by atoms with Crippen LogP contribution in [0.15, 0.2) is 24.3 Å². The molecule has 0 aromatic heterocycles. The van der Waals surface area contributed by atoms with Crippen molar-refractivity contribution < 1.29 is 0 Å². The van der Waals surface area contributed by atoms with Gasteiger partial charge in [-0.3, -0.25) is 4.90 Å². The van der Waals surface area contributed by atoms with Gasteiger partial charge in [0.1, 0.15) is 0 Å². The van der Waals surface area contributed by atoms with Crippen molar-refractivity contribution in [2.45, 2.75) is 51.2 Å². The average Bonchev–Trinajstić information content (AvgIpc) is 2.60. The lowest BCUT2D eigenvalue weighted by Gasteiger charge is -2.28. The lowest BCUT2D eigenvalue weighted by atomic mass is 10.0. The van der Waals surface area contributed by atoms with Gasteiger partial charge in [0, 0.05) is 24.7 Å². The normalized spacial score (nSPS) is 27.8. The molecule has 1 saturated heterocycles. The largest absolute Gasteiger partial charge is 0.310 e. The molecule has 2 heterocycles. The predicted molar refractivity (Wildman–Crippen MR) is 75.7 cm³/mol. The summed E-state index contributed by atoms with van der Waals surface area (Å²) >= 11 is 0. The van der Waals surface area contributed by atoms with Crippen LogP contribution in [-0.2, 0) is 13.0 Å². The van der Waals surface area contributed by atoms with Crippen molar-refractivity contribution in [1.82, 2.24) is 10.2 Å². The van der Waals surface area contributed by atoms with Crippen molar-refractivity contribution in [1.29, 1.82) is 0 Å². The van der Waals surface area contributed by atoms with E-state index in [1.165, 1.54) is 25.8 Å². The molecule has 0 saturated carbocycles. The molecule has 1 atom stereocenters. The number of aryl methyl sites for hydroxylation is 1. The number of hydrogen-bond donors (Lipinski definition) is 1. The van der Waals surface area contributed by atoms with Gasteiger partial charge in [0.05, 0.1) is 0 Å². The Bertz CT molecular complexity index is 425. The molecule has 3 rings (SSSR count). The summed E-state index contributed by atoms with van der Waals surface area (Å²) in [6, 6.07) is 9.68. The summed E-state index contributed by atoms with van der Waals surface area (Å²) in [6.45, 7) is 8.17. The van der Waals surface area contributed by atoms with Gasteiger partial charge in [-0.05, 0) is 50.8 Å². The third kappa shape index (κ3) is 2.45. The number of rotatable bonds is 1. The Morgan fingerprint density at radius 3 is 2.72 bits per heavy atom. The first-order valence-corrected chi connectivity index (χ1v) is 7.20. The van der Waals surface area contributed by atoms with Gasteiger partial charge in [0.25, 0.3) is 0 Å². The number of nitrogens with one attached hydrogen (secondary N) is 1. The summed E-state index contributed by atoms with van der Waals surface area (Å²) in [5.74, 6) is 0. The van der Waals surface area contributed by atoms with E-state index in [-0.39, 0.29) is 0 Å². The number of fused-ring (bicyclic) bond motifs is 1. The molecule has 2 aliphatic rings. The predicted octanol–water partition coefficient (Wildman–Crippen LogP) is 2.58. The minimum atomic E-state index is 0.316. The van der Waals surface area contributed by atoms with Crippen molar-refractivity contribution >= 4 is 0 Å². The molecule has 2 nitrogen and oxygen atoms in total. The Balaban J connectivity index is 1.76. The van der Waals surface area contributed by atoms with Gasteiger partial charge in [-0.15, -0.1) is 0 Å². The average molecular weight is 244 g/mol. The SMILES string of the molecule is CC1(C)CC(N2CCCc3ccccc3C2)CN1. The van der Waals surface area contributed by atoms with Gasteiger partial charge in [-0.1, -0.05) is 24.3 Å². The molecule has 2 heteroatoms. The summed E-state index contributed by atoms with van der Waals surface area (Å²) in [5, 5.41) is 3.65. The maximum absolute atomic E-state index is 3.65. The van der Waals surface area contributed by atoms with Crippen molar-refractivity contribution in [3.05, 3.63) is 35.4 Å². The second-order valence-electron chi connectivity index (χ2n) is 6.47. The van der Waals surface area contributed by atoms with Crippen molar-refractivity contribution in [2.75, 3.05) is 13.1 Å². The van der Waals surface area contributed by atoms with Crippen LogP contribution in [0.25, 0.3) is 0 Å². The number of benzene rings is 1. The second kappa shape index (κ2) is 4.67. The maximum Gasteiger partial charge on any atom is 0.0241 e. The molecule has 1 aromatic carbocycles. The summed E-state index contributed by atoms with van der Waals surface area (Å²) in [4.78, 5) is 2.69. The molecule has 0 amide bonds. The Labute approximate surface area is 110 Å². The van der Waals surface area contributed by atoms with Gasteiger partial charge < -0.3 is 5.32 Å². The standard InChI is InChI=1S/C16H24N2/c1-16(2)10-15(11-17-16)18-9-5-8-13-6-3-4-7-14(13)12-18/h3-4,6-7,15,17H,5,8-12H2,1-2H3. The summed E-state index contributed by atoms with van der Waals surface area (Å²) in [6.07, 6.45) is 3.82. The van der Waals surface area contributed by atoms with Gasteiger partial charge in [-0.25, -0.2) is 0 Å². The quantitative estimate of drug-likeness (QED) is 0.817. The summed E-state index contributed by atoms with van der Waals surface area (Å²) in [7, 11) is 0. The first kappa shape index (κ1) is 12.2. The van der Waals surface area contributed by atoms with E-state index in [0.717, 1.165) is 13.1 Å². The second-order valence-corrected chi connectivity index (χ2v) is 6.47. The Hall–Kier alpha value is -0.860. The summed E-state index contributed by atoms with van der Waals surface area (Å²) in [5.41, 5.74) is 3.42. The van der Waals surface area contributed by atoms with Crippen LogP contribution in [0, 0.1) is 0 Å². The highest BCUT2D eigenvalue weighted by atomic mass is 15.2. The van der Waals surface area contributed by atoms with E-state index in [9.17, 15) is 0 Å². The molecule has 1 fully saturated rings. The third-order valence-electron chi connectivity index (χ3n) is 4.46. The van der Waals surface area contributed by atoms with Crippen LogP contribution in [0.2, 0.25) is 0 Å². The van der Waals surface area contributed by atoms with E-state index in [4.69, 9.17) is 0 Å². The topological polar surface area (TPSA) is 15.3 Å². The zero-order valence-electron chi connectivity index (χ0n) is 11.6. The molecular weight excluding hydrogens is 220 g/mol. The minimum absolute atomic E-state index is 0.316. The molecule has 1 N–H and O–H groups in total. The van der Waals surface area contributed by atoms with E-state index in [0.29, 0.717) is 11.6 Å². The number of nitrogens with zero attached hydrogens (tertiary/aromatic N) is 1. The van der Waals surface area contributed by atoms with Crippen molar-refractivity contribution in [3.8, 4) is 0 Å². The third-order valence-corrected chi connectivity index (χ3v) is 4.46. The van der Waals surface area contributed by atoms with E-state index in [1.807, 2.05) is 0 Å². The van der Waals surface area contributed by atoms with Crippen LogP contribution < -0.4 is 5.32 Å². The number of hydrogen-bond acceptors (Lipinski definition) is 2.